The van der Waals surface area contributed by atoms with Crippen LogP contribution >= 0.6 is 0 Å². The topological polar surface area (TPSA) is 161 Å². The van der Waals surface area contributed by atoms with Crippen LogP contribution < -0.4 is 0 Å². The van der Waals surface area contributed by atoms with Crippen LogP contribution in [0.25, 0.3) is 0 Å². The minimum Gasteiger partial charge on any atom is -0.481 e. The van der Waals surface area contributed by atoms with Crippen LogP contribution in [0.15, 0.2) is 114 Å². The second-order valence-corrected chi connectivity index (χ2v) is 9.24. The molecule has 0 aromatic carbocycles. The van der Waals surface area contributed by atoms with E-state index in [0.717, 1.165) is 5.70 Å². The first-order chi connectivity index (χ1) is 18.7. The van der Waals surface area contributed by atoms with E-state index in [9.17, 15) is 29.7 Å². The molecule has 0 aliphatic carbocycles. The van der Waals surface area contributed by atoms with Gasteiger partial charge in [-0.3, -0.25) is 14.4 Å². The van der Waals surface area contributed by atoms with Crippen molar-refractivity contribution in [2.75, 3.05) is 0 Å². The Morgan fingerprint density at radius 2 is 1.00 bits per heavy atom. The van der Waals surface area contributed by atoms with Crippen LogP contribution in [0, 0.1) is 0 Å². The van der Waals surface area contributed by atoms with Crippen molar-refractivity contribution in [2.45, 2.75) is 38.5 Å². The number of carboxylic acids is 3. The lowest BCUT2D eigenvalue weighted by atomic mass is 9.91. The van der Waals surface area contributed by atoms with E-state index < -0.39 is 17.9 Å². The summed E-state index contributed by atoms with van der Waals surface area (Å²) >= 11 is 0. The number of allylic oxidation sites excluding steroid dienone is 12. The third-order valence-electron chi connectivity index (χ3n) is 6.46. The molecule has 0 radical (unpaired) electrons. The molecule has 0 atom stereocenters. The van der Waals surface area contributed by atoms with E-state index >= 15 is 0 Å². The molecule has 0 aromatic rings. The highest BCUT2D eigenvalue weighted by atomic mass is 16.4. The van der Waals surface area contributed by atoms with Gasteiger partial charge in [-0.2, -0.15) is 0 Å². The number of hydrogen-bond acceptors (Lipinski definition) is 7. The molecule has 0 amide bonds. The zero-order chi connectivity index (χ0) is 27.5. The summed E-state index contributed by atoms with van der Waals surface area (Å²) in [5.74, 6) is -3.00. The van der Waals surface area contributed by atoms with E-state index in [1.165, 1.54) is 0 Å². The van der Waals surface area contributed by atoms with Crippen molar-refractivity contribution in [1.29, 1.82) is 0 Å². The predicted octanol–water partition coefficient (Wildman–Crippen LogP) is 4.28. The molecular weight excluding hydrogens is 500 g/mol. The summed E-state index contributed by atoms with van der Waals surface area (Å²) in [6, 6.07) is 0. The first-order valence-electron chi connectivity index (χ1n) is 12.4. The van der Waals surface area contributed by atoms with Crippen molar-refractivity contribution < 1.29 is 29.7 Å². The first kappa shape index (κ1) is 25.7. The van der Waals surface area contributed by atoms with Gasteiger partial charge in [-0.25, -0.2) is 20.0 Å². The average molecular weight is 525 g/mol. The van der Waals surface area contributed by atoms with Crippen LogP contribution in [0.1, 0.15) is 38.5 Å². The second kappa shape index (κ2) is 10.8. The highest BCUT2D eigenvalue weighted by molar-refractivity contribution is 6.18. The molecule has 0 aromatic heterocycles. The molecule has 5 heterocycles. The Labute approximate surface area is 223 Å². The molecule has 5 aliphatic rings. The first-order valence-corrected chi connectivity index (χ1v) is 12.4. The van der Waals surface area contributed by atoms with E-state index in [2.05, 4.69) is 9.98 Å². The maximum Gasteiger partial charge on any atom is 0.303 e. The zero-order valence-electron chi connectivity index (χ0n) is 20.8. The van der Waals surface area contributed by atoms with Crippen molar-refractivity contribution in [2.24, 2.45) is 20.0 Å². The van der Waals surface area contributed by atoms with Crippen LogP contribution in [-0.2, 0) is 14.4 Å². The van der Waals surface area contributed by atoms with Gasteiger partial charge in [0.05, 0.1) is 45.6 Å². The number of aliphatic imine (C=N–C) groups is 4. The Hall–Kier alpha value is -4.99. The van der Waals surface area contributed by atoms with E-state index in [0.29, 0.717) is 56.7 Å². The number of hydrogen-bond donors (Lipinski definition) is 3. The molecule has 10 nitrogen and oxygen atoms in total. The van der Waals surface area contributed by atoms with Crippen molar-refractivity contribution in [3.05, 3.63) is 94.2 Å². The summed E-state index contributed by atoms with van der Waals surface area (Å²) in [5, 5.41) is 28.3. The monoisotopic (exact) mass is 524 g/mol. The van der Waals surface area contributed by atoms with Gasteiger partial charge >= 0.3 is 17.9 Å². The maximum atomic E-state index is 11.6. The lowest BCUT2D eigenvalue weighted by Gasteiger charge is -2.12. The Bertz CT molecular complexity index is 1570. The number of carbonyl (C=O) groups is 3. The summed E-state index contributed by atoms with van der Waals surface area (Å²) in [4.78, 5) is 53.4. The summed E-state index contributed by atoms with van der Waals surface area (Å²) in [7, 11) is 0. The van der Waals surface area contributed by atoms with Gasteiger partial charge in [0.15, 0.2) is 0 Å². The molecule has 0 saturated carbocycles. The van der Waals surface area contributed by atoms with Crippen LogP contribution in [0.3, 0.4) is 0 Å². The fourth-order valence-electron chi connectivity index (χ4n) is 4.71. The summed E-state index contributed by atoms with van der Waals surface area (Å²) in [5.41, 5.74) is 6.52. The second-order valence-electron chi connectivity index (χ2n) is 9.24. The molecule has 8 bridgehead atoms. The van der Waals surface area contributed by atoms with Crippen LogP contribution in [0.2, 0.25) is 0 Å². The van der Waals surface area contributed by atoms with Gasteiger partial charge in [0, 0.05) is 24.8 Å². The minimum absolute atomic E-state index is 0.101. The molecule has 10 heteroatoms. The number of nitrogens with zero attached hydrogens (tertiary/aromatic N) is 4. The molecule has 196 valence electrons. The molecule has 3 N–H and O–H groups in total. The average Bonchev–Trinajstić information content (AvgIpc) is 3.66. The molecule has 0 spiro atoms. The molecule has 0 saturated heterocycles. The summed E-state index contributed by atoms with van der Waals surface area (Å²) in [6.07, 6.45) is 16.1. The van der Waals surface area contributed by atoms with Crippen molar-refractivity contribution in [3.63, 3.8) is 0 Å². The number of carboxylic acid groups (broad SMARTS) is 3. The largest absolute Gasteiger partial charge is 0.481 e. The molecule has 39 heavy (non-hydrogen) atoms. The van der Waals surface area contributed by atoms with Gasteiger partial charge < -0.3 is 15.3 Å². The highest BCUT2D eigenvalue weighted by Gasteiger charge is 2.29. The number of rotatable bonds is 9. The Morgan fingerprint density at radius 1 is 0.513 bits per heavy atom. The van der Waals surface area contributed by atoms with E-state index in [-0.39, 0.29) is 38.5 Å². The maximum absolute atomic E-state index is 11.6. The third-order valence-corrected chi connectivity index (χ3v) is 6.46. The van der Waals surface area contributed by atoms with E-state index in [1.807, 2.05) is 36.5 Å². The van der Waals surface area contributed by atoms with Gasteiger partial charge in [-0.1, -0.05) is 0 Å². The minimum atomic E-state index is -1.01. The fourth-order valence-corrected chi connectivity index (χ4v) is 4.71. The Kier molecular flexibility index (Phi) is 7.09. The van der Waals surface area contributed by atoms with Crippen LogP contribution in [0.4, 0.5) is 0 Å². The van der Waals surface area contributed by atoms with Gasteiger partial charge in [-0.05, 0) is 85.1 Å². The summed E-state index contributed by atoms with van der Waals surface area (Å²) in [6.45, 7) is 0. The lowest BCUT2D eigenvalue weighted by molar-refractivity contribution is -0.138. The number of aliphatic carboxylic acids is 3. The van der Waals surface area contributed by atoms with Crippen molar-refractivity contribution in [3.8, 4) is 0 Å². The van der Waals surface area contributed by atoms with Gasteiger partial charge in [0.1, 0.15) is 0 Å². The molecule has 0 unspecified atom stereocenters. The number of fused-ring (bicyclic) bond motifs is 4. The molecule has 5 aliphatic heterocycles. The Morgan fingerprint density at radius 3 is 1.59 bits per heavy atom. The lowest BCUT2D eigenvalue weighted by Crippen LogP contribution is -2.07. The van der Waals surface area contributed by atoms with Gasteiger partial charge in [-0.15, -0.1) is 0 Å². The predicted molar refractivity (Wildman–Crippen MR) is 146 cm³/mol. The zero-order valence-corrected chi connectivity index (χ0v) is 20.8. The quantitative estimate of drug-likeness (QED) is 0.408. The molecule has 5 rings (SSSR count). The normalized spacial score (nSPS) is 19.0. The van der Waals surface area contributed by atoms with Gasteiger partial charge in [0.2, 0.25) is 0 Å². The molecular formula is C29H24N4O6. The highest BCUT2D eigenvalue weighted by Crippen LogP contribution is 2.37. The van der Waals surface area contributed by atoms with Crippen molar-refractivity contribution >= 4 is 40.8 Å². The SMILES string of the molecule is O=C(O)CCC1=C(CCC(=O)O)C2=C(CCC(=O)O)C3=NC(=CC4=NC(=CC5=NC(=CC1=N2)C=C5)C=C4)C=C3. The smallest absolute Gasteiger partial charge is 0.303 e. The fraction of sp³-hybridized carbons (Fsp3) is 0.207. The van der Waals surface area contributed by atoms with Gasteiger partial charge in [0.25, 0.3) is 0 Å². The summed E-state index contributed by atoms with van der Waals surface area (Å²) < 4.78 is 0. The van der Waals surface area contributed by atoms with Crippen LogP contribution in [0.5, 0.6) is 0 Å². The third kappa shape index (κ3) is 5.96. The van der Waals surface area contributed by atoms with Crippen LogP contribution in [-0.4, -0.2) is 56.1 Å². The standard InChI is InChI=1S/C29H24N4O6/c34-26(35)10-6-21-22(7-11-27(36)37)29-23(8-12-28(38)39)24-9-5-19(32-24)14-18-2-1-16(30-18)13-17-3-4-20(31-17)15-25(21)33-29/h1-5,9,13-15H,6-8,10-12H2,(H,34,35)(H,36,37)(H,38,39). The van der Waals surface area contributed by atoms with E-state index in [4.69, 9.17) is 9.98 Å². The Balaban J connectivity index is 1.74. The molecule has 0 fully saturated rings. The van der Waals surface area contributed by atoms with Crippen molar-refractivity contribution in [1.82, 2.24) is 0 Å². The van der Waals surface area contributed by atoms with E-state index in [1.54, 1.807) is 18.2 Å².